The smallest absolute Gasteiger partial charge is 0.295 e. The van der Waals surface area contributed by atoms with E-state index in [0.29, 0.717) is 31.0 Å². The second-order valence-electron chi connectivity index (χ2n) is 9.92. The van der Waals surface area contributed by atoms with E-state index in [1.165, 1.54) is 11.1 Å². The van der Waals surface area contributed by atoms with E-state index >= 15 is 0 Å². The number of hydrogen-bond acceptors (Lipinski definition) is 5. The monoisotopic (exact) mass is 526 g/mol. The number of nitrogens with zero attached hydrogens (tertiary/aromatic N) is 2. The Kier molecular flexibility index (Phi) is 9.20. The largest absolute Gasteiger partial charge is 0.507 e. The lowest BCUT2D eigenvalue weighted by Gasteiger charge is -2.28. The van der Waals surface area contributed by atoms with Crippen molar-refractivity contribution >= 4 is 17.4 Å². The maximum Gasteiger partial charge on any atom is 0.295 e. The highest BCUT2D eigenvalue weighted by Gasteiger charge is 2.45. The SMILES string of the molecule is CCc1ccc([C@H]2C(=C(O)c3ccc(OCc4cccc(C)c4)cc3)C(=O)C(=O)N2CCN(CC)CC)cc1. The molecular weight excluding hydrogens is 488 g/mol. The Labute approximate surface area is 231 Å². The summed E-state index contributed by atoms with van der Waals surface area (Å²) in [6.45, 7) is 11.5. The maximum atomic E-state index is 13.3. The number of carbonyl (C=O) groups excluding carboxylic acids is 2. The first-order valence-electron chi connectivity index (χ1n) is 13.7. The number of benzene rings is 3. The molecule has 3 aromatic carbocycles. The summed E-state index contributed by atoms with van der Waals surface area (Å²) in [5.41, 5.74) is 4.81. The highest BCUT2D eigenvalue weighted by Crippen LogP contribution is 2.39. The zero-order valence-corrected chi connectivity index (χ0v) is 23.3. The first kappa shape index (κ1) is 28.1. The van der Waals surface area contributed by atoms with Crippen LogP contribution in [0.3, 0.4) is 0 Å². The molecule has 1 N–H and O–H groups in total. The molecule has 0 aromatic heterocycles. The molecule has 3 aromatic rings. The third-order valence-electron chi connectivity index (χ3n) is 7.41. The molecule has 1 aliphatic rings. The topological polar surface area (TPSA) is 70.1 Å². The van der Waals surface area contributed by atoms with Crippen LogP contribution >= 0.6 is 0 Å². The third kappa shape index (κ3) is 6.40. The van der Waals surface area contributed by atoms with Crippen molar-refractivity contribution in [2.24, 2.45) is 0 Å². The van der Waals surface area contributed by atoms with Gasteiger partial charge in [-0.15, -0.1) is 0 Å². The average molecular weight is 527 g/mol. The van der Waals surface area contributed by atoms with E-state index in [-0.39, 0.29) is 11.3 Å². The Balaban J connectivity index is 1.64. The molecule has 0 unspecified atom stereocenters. The van der Waals surface area contributed by atoms with E-state index in [1.54, 1.807) is 29.2 Å². The Hall–Kier alpha value is -3.90. The second kappa shape index (κ2) is 12.8. The minimum absolute atomic E-state index is 0.122. The molecule has 1 aliphatic heterocycles. The number of aryl methyl sites for hydroxylation is 2. The molecule has 6 heteroatoms. The molecule has 204 valence electrons. The first-order chi connectivity index (χ1) is 18.9. The lowest BCUT2D eigenvalue weighted by Crippen LogP contribution is -2.38. The van der Waals surface area contributed by atoms with Crippen LogP contribution < -0.4 is 4.74 Å². The van der Waals surface area contributed by atoms with Crippen LogP contribution in [-0.4, -0.2) is 52.8 Å². The molecule has 4 rings (SSSR count). The van der Waals surface area contributed by atoms with Gasteiger partial charge < -0.3 is 19.6 Å². The number of amides is 1. The quantitative estimate of drug-likeness (QED) is 0.191. The molecule has 0 saturated carbocycles. The number of Topliss-reactive ketones (excluding diaryl/α,β-unsaturated/α-hetero) is 1. The summed E-state index contributed by atoms with van der Waals surface area (Å²) >= 11 is 0. The average Bonchev–Trinajstić information content (AvgIpc) is 3.21. The van der Waals surface area contributed by atoms with E-state index in [2.05, 4.69) is 31.7 Å². The number of hydrogen-bond donors (Lipinski definition) is 1. The molecule has 6 nitrogen and oxygen atoms in total. The van der Waals surface area contributed by atoms with Crippen LogP contribution in [0.15, 0.2) is 78.4 Å². The van der Waals surface area contributed by atoms with Crippen molar-refractivity contribution in [3.63, 3.8) is 0 Å². The normalized spacial score (nSPS) is 16.7. The van der Waals surface area contributed by atoms with Gasteiger partial charge in [-0.25, -0.2) is 0 Å². The molecule has 0 radical (unpaired) electrons. The van der Waals surface area contributed by atoms with Gasteiger partial charge in [-0.1, -0.05) is 74.9 Å². The van der Waals surface area contributed by atoms with E-state index in [1.807, 2.05) is 49.4 Å². The van der Waals surface area contributed by atoms with Crippen LogP contribution in [0.1, 0.15) is 54.6 Å². The summed E-state index contributed by atoms with van der Waals surface area (Å²) < 4.78 is 5.92. The van der Waals surface area contributed by atoms with E-state index in [9.17, 15) is 14.7 Å². The minimum atomic E-state index is -0.656. The molecule has 39 heavy (non-hydrogen) atoms. The van der Waals surface area contributed by atoms with Gasteiger partial charge in [0.2, 0.25) is 0 Å². The van der Waals surface area contributed by atoms with Crippen molar-refractivity contribution in [1.82, 2.24) is 9.80 Å². The van der Waals surface area contributed by atoms with Gasteiger partial charge in [0.1, 0.15) is 18.1 Å². The van der Waals surface area contributed by atoms with Crippen LogP contribution in [-0.2, 0) is 22.6 Å². The van der Waals surface area contributed by atoms with E-state index in [4.69, 9.17) is 4.74 Å². The zero-order valence-electron chi connectivity index (χ0n) is 23.3. The molecule has 1 heterocycles. The highest BCUT2D eigenvalue weighted by atomic mass is 16.5. The van der Waals surface area contributed by atoms with Crippen molar-refractivity contribution in [3.05, 3.63) is 106 Å². The Morgan fingerprint density at radius 3 is 2.23 bits per heavy atom. The number of ketones is 1. The number of ether oxygens (including phenoxy) is 1. The van der Waals surface area contributed by atoms with E-state index < -0.39 is 17.7 Å². The van der Waals surface area contributed by atoms with Crippen molar-refractivity contribution in [1.29, 1.82) is 0 Å². The Bertz CT molecular complexity index is 1320. The molecule has 1 atom stereocenters. The third-order valence-corrected chi connectivity index (χ3v) is 7.41. The van der Waals surface area contributed by atoms with Gasteiger partial charge in [0.05, 0.1) is 11.6 Å². The number of aliphatic hydroxyl groups is 1. The maximum absolute atomic E-state index is 13.3. The standard InChI is InChI=1S/C33H38N2O4/c1-5-24-11-13-26(14-12-24)30-29(32(37)33(38)35(30)20-19-34(6-2)7-3)31(36)27-15-17-28(18-16-27)39-22-25-10-8-9-23(4)21-25/h8-18,21,30,36H,5-7,19-20,22H2,1-4H3/t30-/m0/s1. The lowest BCUT2D eigenvalue weighted by molar-refractivity contribution is -0.140. The predicted octanol–water partition coefficient (Wildman–Crippen LogP) is 5.90. The summed E-state index contributed by atoms with van der Waals surface area (Å²) in [5.74, 6) is -0.754. The molecule has 1 saturated heterocycles. The molecule has 1 fully saturated rings. The predicted molar refractivity (Wildman–Crippen MR) is 155 cm³/mol. The van der Waals surface area contributed by atoms with Gasteiger partial charge in [-0.2, -0.15) is 0 Å². The van der Waals surface area contributed by atoms with Crippen LogP contribution in [0.5, 0.6) is 5.75 Å². The fraction of sp³-hybridized carbons (Fsp3) is 0.333. The fourth-order valence-corrected chi connectivity index (χ4v) is 5.01. The van der Waals surface area contributed by atoms with Crippen LogP contribution in [0.25, 0.3) is 5.76 Å². The number of carbonyl (C=O) groups is 2. The Morgan fingerprint density at radius 2 is 1.62 bits per heavy atom. The van der Waals surface area contributed by atoms with E-state index in [0.717, 1.165) is 30.6 Å². The molecule has 0 bridgehead atoms. The molecule has 0 spiro atoms. The minimum Gasteiger partial charge on any atom is -0.507 e. The second-order valence-corrected chi connectivity index (χ2v) is 9.92. The number of likely N-dealkylation sites (tertiary alicyclic amines) is 1. The van der Waals surface area contributed by atoms with Crippen LogP contribution in [0.4, 0.5) is 0 Å². The summed E-state index contributed by atoms with van der Waals surface area (Å²) in [6, 6.07) is 22.4. The summed E-state index contributed by atoms with van der Waals surface area (Å²) in [4.78, 5) is 30.4. The van der Waals surface area contributed by atoms with Crippen molar-refractivity contribution in [3.8, 4) is 5.75 Å². The summed E-state index contributed by atoms with van der Waals surface area (Å²) in [5, 5.41) is 11.4. The van der Waals surface area contributed by atoms with Crippen LogP contribution in [0, 0.1) is 6.92 Å². The summed E-state index contributed by atoms with van der Waals surface area (Å²) in [7, 11) is 0. The van der Waals surface area contributed by atoms with Crippen molar-refractivity contribution in [2.45, 2.75) is 46.8 Å². The Morgan fingerprint density at radius 1 is 0.923 bits per heavy atom. The lowest BCUT2D eigenvalue weighted by atomic mass is 9.94. The van der Waals surface area contributed by atoms with Gasteiger partial charge in [0, 0.05) is 18.7 Å². The summed E-state index contributed by atoms with van der Waals surface area (Å²) in [6.07, 6.45) is 0.890. The highest BCUT2D eigenvalue weighted by molar-refractivity contribution is 6.46. The first-order valence-corrected chi connectivity index (χ1v) is 13.7. The molecule has 1 amide bonds. The van der Waals surface area contributed by atoms with Crippen molar-refractivity contribution < 1.29 is 19.4 Å². The number of rotatable bonds is 11. The van der Waals surface area contributed by atoms with Crippen molar-refractivity contribution in [2.75, 3.05) is 26.2 Å². The van der Waals surface area contributed by atoms with Gasteiger partial charge in [0.25, 0.3) is 11.7 Å². The molecule has 0 aliphatic carbocycles. The van der Waals surface area contributed by atoms with Gasteiger partial charge in [0.15, 0.2) is 0 Å². The van der Waals surface area contributed by atoms with Gasteiger partial charge in [-0.05, 0) is 67.4 Å². The van der Waals surface area contributed by atoms with Gasteiger partial charge >= 0.3 is 0 Å². The molecular formula is C33H38N2O4. The number of likely N-dealkylation sites (N-methyl/N-ethyl adjacent to an activating group) is 1. The number of aliphatic hydroxyl groups excluding tert-OH is 1. The fourth-order valence-electron chi connectivity index (χ4n) is 5.01. The zero-order chi connectivity index (χ0) is 27.9. The van der Waals surface area contributed by atoms with Crippen LogP contribution in [0.2, 0.25) is 0 Å². The van der Waals surface area contributed by atoms with Gasteiger partial charge in [-0.3, -0.25) is 9.59 Å².